The van der Waals surface area contributed by atoms with Gasteiger partial charge in [-0.05, 0) is 49.7 Å². The third kappa shape index (κ3) is 4.98. The number of amides is 1. The van der Waals surface area contributed by atoms with Gasteiger partial charge in [0.2, 0.25) is 0 Å². The number of benzene rings is 2. The summed E-state index contributed by atoms with van der Waals surface area (Å²) in [4.78, 5) is 17.4. The van der Waals surface area contributed by atoms with E-state index in [1.807, 2.05) is 55.5 Å². The van der Waals surface area contributed by atoms with Crippen molar-refractivity contribution < 1.29 is 14.3 Å². The van der Waals surface area contributed by atoms with Gasteiger partial charge in [-0.1, -0.05) is 18.2 Å². The molecule has 0 bridgehead atoms. The molecule has 1 aromatic heterocycles. The van der Waals surface area contributed by atoms with Gasteiger partial charge in [0, 0.05) is 30.8 Å². The van der Waals surface area contributed by atoms with Crippen LogP contribution in [0.1, 0.15) is 23.7 Å². The van der Waals surface area contributed by atoms with Crippen LogP contribution in [0.3, 0.4) is 0 Å². The molecular formula is C22H25N3O3. The fourth-order valence-electron chi connectivity index (χ4n) is 2.87. The summed E-state index contributed by atoms with van der Waals surface area (Å²) >= 11 is 0. The number of pyridine rings is 1. The van der Waals surface area contributed by atoms with Crippen LogP contribution in [-0.4, -0.2) is 37.8 Å². The monoisotopic (exact) mass is 379 g/mol. The van der Waals surface area contributed by atoms with E-state index in [-0.39, 0.29) is 5.91 Å². The normalized spacial score (nSPS) is 10.6. The van der Waals surface area contributed by atoms with Gasteiger partial charge in [-0.2, -0.15) is 0 Å². The van der Waals surface area contributed by atoms with Gasteiger partial charge in [0.1, 0.15) is 11.6 Å². The number of carbonyl (C=O) groups excluding carboxylic acids is 1. The Kier molecular flexibility index (Phi) is 6.81. The highest BCUT2D eigenvalue weighted by atomic mass is 16.5. The van der Waals surface area contributed by atoms with E-state index in [0.29, 0.717) is 31.1 Å². The van der Waals surface area contributed by atoms with E-state index < -0.39 is 0 Å². The molecule has 28 heavy (non-hydrogen) atoms. The molecule has 2 aromatic carbocycles. The Labute approximate surface area is 164 Å². The third-order valence-corrected chi connectivity index (χ3v) is 4.28. The molecule has 0 unspecified atom stereocenters. The molecule has 0 saturated heterocycles. The number of anilines is 2. The quantitative estimate of drug-likeness (QED) is 0.547. The van der Waals surface area contributed by atoms with E-state index in [1.54, 1.807) is 13.2 Å². The first-order valence-electron chi connectivity index (χ1n) is 9.38. The number of hydrogen-bond donors (Lipinski definition) is 2. The summed E-state index contributed by atoms with van der Waals surface area (Å²) in [6.45, 7) is 3.84. The lowest BCUT2D eigenvalue weighted by Crippen LogP contribution is -2.25. The van der Waals surface area contributed by atoms with Crippen molar-refractivity contribution in [2.45, 2.75) is 13.3 Å². The average Bonchev–Trinajstić information content (AvgIpc) is 2.73. The number of carbonyl (C=O) groups is 1. The SMILES string of the molecule is CCOCCCNC(=O)c1cc(Nc2ccc(OC)cc2)nc2ccccc12. The van der Waals surface area contributed by atoms with Crippen molar-refractivity contribution in [1.82, 2.24) is 10.3 Å². The molecule has 0 aliphatic heterocycles. The van der Waals surface area contributed by atoms with E-state index in [0.717, 1.165) is 28.8 Å². The molecule has 0 atom stereocenters. The average molecular weight is 379 g/mol. The standard InChI is InChI=1S/C22H25N3O3/c1-3-28-14-6-13-23-22(26)19-15-21(25-20-8-5-4-7-18(19)20)24-16-9-11-17(27-2)12-10-16/h4-5,7-12,15H,3,6,13-14H2,1-2H3,(H,23,26)(H,24,25). The maximum absolute atomic E-state index is 12.8. The summed E-state index contributed by atoms with van der Waals surface area (Å²) in [7, 11) is 1.63. The molecule has 0 radical (unpaired) electrons. The predicted octanol–water partition coefficient (Wildman–Crippen LogP) is 4.14. The van der Waals surface area contributed by atoms with Gasteiger partial charge in [0.15, 0.2) is 0 Å². The van der Waals surface area contributed by atoms with Gasteiger partial charge in [0.05, 0.1) is 18.2 Å². The summed E-state index contributed by atoms with van der Waals surface area (Å²) in [6.07, 6.45) is 0.777. The summed E-state index contributed by atoms with van der Waals surface area (Å²) in [5.41, 5.74) is 2.23. The Morgan fingerprint density at radius 1 is 1.11 bits per heavy atom. The van der Waals surface area contributed by atoms with Crippen molar-refractivity contribution in [1.29, 1.82) is 0 Å². The number of hydrogen-bond acceptors (Lipinski definition) is 5. The minimum absolute atomic E-state index is 0.118. The number of nitrogens with zero attached hydrogens (tertiary/aromatic N) is 1. The molecule has 0 aliphatic carbocycles. The summed E-state index contributed by atoms with van der Waals surface area (Å²) in [5.74, 6) is 1.28. The van der Waals surface area contributed by atoms with Crippen LogP contribution in [0, 0.1) is 0 Å². The highest BCUT2D eigenvalue weighted by Crippen LogP contribution is 2.24. The highest BCUT2D eigenvalue weighted by Gasteiger charge is 2.13. The summed E-state index contributed by atoms with van der Waals surface area (Å²) in [5, 5.41) is 7.05. The minimum atomic E-state index is -0.118. The molecule has 2 N–H and O–H groups in total. The zero-order chi connectivity index (χ0) is 19.8. The van der Waals surface area contributed by atoms with Crippen LogP contribution < -0.4 is 15.4 Å². The summed E-state index contributed by atoms with van der Waals surface area (Å²) in [6, 6.07) is 17.0. The first-order valence-corrected chi connectivity index (χ1v) is 9.38. The number of methoxy groups -OCH3 is 1. The van der Waals surface area contributed by atoms with E-state index in [9.17, 15) is 4.79 Å². The molecule has 1 heterocycles. The van der Waals surface area contributed by atoms with Crippen molar-refractivity contribution in [3.8, 4) is 5.75 Å². The minimum Gasteiger partial charge on any atom is -0.497 e. The highest BCUT2D eigenvalue weighted by molar-refractivity contribution is 6.07. The maximum atomic E-state index is 12.8. The lowest BCUT2D eigenvalue weighted by Gasteiger charge is -2.12. The van der Waals surface area contributed by atoms with Gasteiger partial charge in [-0.25, -0.2) is 4.98 Å². The molecule has 6 heteroatoms. The first-order chi connectivity index (χ1) is 13.7. The molecule has 0 aliphatic rings. The number of ether oxygens (including phenoxy) is 2. The molecule has 0 fully saturated rings. The Morgan fingerprint density at radius 3 is 2.64 bits per heavy atom. The van der Waals surface area contributed by atoms with Gasteiger partial charge < -0.3 is 20.1 Å². The summed E-state index contributed by atoms with van der Waals surface area (Å²) < 4.78 is 10.5. The van der Waals surface area contributed by atoms with Crippen molar-refractivity contribution in [3.63, 3.8) is 0 Å². The maximum Gasteiger partial charge on any atom is 0.252 e. The molecule has 146 valence electrons. The first kappa shape index (κ1) is 19.6. The second-order valence-corrected chi connectivity index (χ2v) is 6.23. The van der Waals surface area contributed by atoms with Crippen molar-refractivity contribution in [2.75, 3.05) is 32.2 Å². The van der Waals surface area contributed by atoms with Crippen LogP contribution in [0.2, 0.25) is 0 Å². The number of rotatable bonds is 9. The largest absolute Gasteiger partial charge is 0.497 e. The second kappa shape index (κ2) is 9.71. The van der Waals surface area contributed by atoms with Gasteiger partial charge >= 0.3 is 0 Å². The van der Waals surface area contributed by atoms with Crippen LogP contribution in [0.25, 0.3) is 10.9 Å². The van der Waals surface area contributed by atoms with Gasteiger partial charge in [-0.15, -0.1) is 0 Å². The lowest BCUT2D eigenvalue weighted by molar-refractivity contribution is 0.0946. The Balaban J connectivity index is 1.81. The topological polar surface area (TPSA) is 72.5 Å². The molecule has 1 amide bonds. The molecule has 6 nitrogen and oxygen atoms in total. The molecule has 0 spiro atoms. The van der Waals surface area contributed by atoms with Crippen molar-refractivity contribution >= 4 is 28.3 Å². The van der Waals surface area contributed by atoms with Crippen molar-refractivity contribution in [2.24, 2.45) is 0 Å². The molecule has 3 aromatic rings. The lowest BCUT2D eigenvalue weighted by atomic mass is 10.1. The van der Waals surface area contributed by atoms with E-state index >= 15 is 0 Å². The van der Waals surface area contributed by atoms with Gasteiger partial charge in [0.25, 0.3) is 5.91 Å². The number of nitrogens with one attached hydrogen (secondary N) is 2. The van der Waals surface area contributed by atoms with Crippen molar-refractivity contribution in [3.05, 3.63) is 60.2 Å². The van der Waals surface area contributed by atoms with Crippen LogP contribution >= 0.6 is 0 Å². The second-order valence-electron chi connectivity index (χ2n) is 6.23. The molecule has 3 rings (SSSR count). The zero-order valence-electron chi connectivity index (χ0n) is 16.2. The Hall–Kier alpha value is -3.12. The van der Waals surface area contributed by atoms with E-state index in [4.69, 9.17) is 9.47 Å². The zero-order valence-corrected chi connectivity index (χ0v) is 16.2. The predicted molar refractivity (Wildman–Crippen MR) is 111 cm³/mol. The number of fused-ring (bicyclic) bond motifs is 1. The van der Waals surface area contributed by atoms with Crippen LogP contribution in [0.5, 0.6) is 5.75 Å². The third-order valence-electron chi connectivity index (χ3n) is 4.28. The Morgan fingerprint density at radius 2 is 1.89 bits per heavy atom. The fraction of sp³-hybridized carbons (Fsp3) is 0.273. The van der Waals surface area contributed by atoms with Crippen LogP contribution in [0.4, 0.5) is 11.5 Å². The fourth-order valence-corrected chi connectivity index (χ4v) is 2.87. The van der Waals surface area contributed by atoms with E-state index in [2.05, 4.69) is 15.6 Å². The van der Waals surface area contributed by atoms with E-state index in [1.165, 1.54) is 0 Å². The Bertz CT molecular complexity index is 926. The molecule has 0 saturated carbocycles. The van der Waals surface area contributed by atoms with Crippen LogP contribution in [-0.2, 0) is 4.74 Å². The number of aromatic nitrogens is 1. The molecular weight excluding hydrogens is 354 g/mol. The van der Waals surface area contributed by atoms with Gasteiger partial charge in [-0.3, -0.25) is 4.79 Å². The number of para-hydroxylation sites is 1. The smallest absolute Gasteiger partial charge is 0.252 e. The van der Waals surface area contributed by atoms with Crippen LogP contribution in [0.15, 0.2) is 54.6 Å².